The van der Waals surface area contributed by atoms with Crippen LogP contribution in [0.5, 0.6) is 0 Å². The summed E-state index contributed by atoms with van der Waals surface area (Å²) in [6, 6.07) is 4.60. The monoisotopic (exact) mass is 256 g/mol. The Labute approximate surface area is 108 Å². The average molecular weight is 256 g/mol. The number of hydrogen-bond acceptors (Lipinski definition) is 2. The van der Waals surface area contributed by atoms with E-state index in [0.717, 1.165) is 19.0 Å². The van der Waals surface area contributed by atoms with Crippen molar-refractivity contribution in [2.24, 2.45) is 0 Å². The van der Waals surface area contributed by atoms with E-state index in [1.807, 2.05) is 7.05 Å². The summed E-state index contributed by atoms with van der Waals surface area (Å²) in [5, 5.41) is 3.05. The zero-order valence-corrected chi connectivity index (χ0v) is 11.5. The molecule has 1 aromatic carbocycles. The van der Waals surface area contributed by atoms with Crippen LogP contribution in [0.2, 0.25) is 0 Å². The molecule has 0 amide bonds. The predicted octanol–water partition coefficient (Wildman–Crippen LogP) is 2.96. The molecule has 0 saturated carbocycles. The number of hydrogen-bond donors (Lipinski definition) is 1. The first kappa shape index (κ1) is 15.1. The molecule has 102 valence electrons. The Kier molecular flexibility index (Phi) is 5.69. The lowest BCUT2D eigenvalue weighted by Gasteiger charge is -2.24. The van der Waals surface area contributed by atoms with Gasteiger partial charge in [0.15, 0.2) is 11.6 Å². The summed E-state index contributed by atoms with van der Waals surface area (Å²) in [4.78, 5) is 2.18. The third kappa shape index (κ3) is 3.75. The molecule has 0 radical (unpaired) electrons. The molecule has 1 atom stereocenters. The van der Waals surface area contributed by atoms with Crippen molar-refractivity contribution in [3.8, 4) is 0 Å². The molecule has 0 saturated heterocycles. The van der Waals surface area contributed by atoms with Crippen LogP contribution in [0.3, 0.4) is 0 Å². The van der Waals surface area contributed by atoms with Gasteiger partial charge in [-0.05, 0) is 47.0 Å². The molecule has 0 aromatic heterocycles. The second kappa shape index (κ2) is 6.81. The number of halogens is 2. The maximum atomic E-state index is 13.7. The van der Waals surface area contributed by atoms with E-state index in [-0.39, 0.29) is 6.04 Å². The van der Waals surface area contributed by atoms with E-state index in [9.17, 15) is 8.78 Å². The van der Waals surface area contributed by atoms with Crippen LogP contribution in [0.25, 0.3) is 0 Å². The van der Waals surface area contributed by atoms with Gasteiger partial charge < -0.3 is 10.2 Å². The largest absolute Gasteiger partial charge is 0.313 e. The Morgan fingerprint density at radius 2 is 1.94 bits per heavy atom. The summed E-state index contributed by atoms with van der Waals surface area (Å²) < 4.78 is 26.9. The van der Waals surface area contributed by atoms with Gasteiger partial charge in [-0.1, -0.05) is 12.1 Å². The zero-order chi connectivity index (χ0) is 13.7. The van der Waals surface area contributed by atoms with Gasteiger partial charge in [0.05, 0.1) is 0 Å². The van der Waals surface area contributed by atoms with E-state index in [2.05, 4.69) is 24.1 Å². The first-order chi connectivity index (χ1) is 8.47. The van der Waals surface area contributed by atoms with Gasteiger partial charge in [-0.15, -0.1) is 0 Å². The lowest BCUT2D eigenvalue weighted by atomic mass is 10.0. The van der Waals surface area contributed by atoms with Crippen LogP contribution in [0.4, 0.5) is 8.78 Å². The lowest BCUT2D eigenvalue weighted by molar-refractivity contribution is 0.257. The SMILES string of the molecule is CNC(CCN(C)C(C)C)c1cccc(F)c1F. The molecule has 0 heterocycles. The average Bonchev–Trinajstić information content (AvgIpc) is 2.34. The van der Waals surface area contributed by atoms with Gasteiger partial charge in [-0.25, -0.2) is 8.78 Å². The van der Waals surface area contributed by atoms with Crippen LogP contribution in [-0.2, 0) is 0 Å². The Morgan fingerprint density at radius 3 is 2.50 bits per heavy atom. The van der Waals surface area contributed by atoms with E-state index in [1.54, 1.807) is 19.2 Å². The van der Waals surface area contributed by atoms with E-state index in [1.165, 1.54) is 0 Å². The summed E-state index contributed by atoms with van der Waals surface area (Å²) in [7, 11) is 3.80. The first-order valence-electron chi connectivity index (χ1n) is 6.28. The van der Waals surface area contributed by atoms with Gasteiger partial charge in [0, 0.05) is 17.6 Å². The highest BCUT2D eigenvalue weighted by Crippen LogP contribution is 2.22. The Bertz CT molecular complexity index is 380. The van der Waals surface area contributed by atoms with Crippen molar-refractivity contribution >= 4 is 0 Å². The standard InChI is InChI=1S/C14H22F2N2/c1-10(2)18(4)9-8-13(17-3)11-6-5-7-12(15)14(11)16/h5-7,10,13,17H,8-9H2,1-4H3. The molecule has 0 aliphatic heterocycles. The highest BCUT2D eigenvalue weighted by atomic mass is 19.2. The Hall–Kier alpha value is -1.00. The van der Waals surface area contributed by atoms with Crippen molar-refractivity contribution in [1.82, 2.24) is 10.2 Å². The minimum absolute atomic E-state index is 0.165. The van der Waals surface area contributed by atoms with Crippen molar-refractivity contribution in [2.75, 3.05) is 20.6 Å². The molecule has 0 bridgehead atoms. The summed E-state index contributed by atoms with van der Waals surface area (Å²) in [5.41, 5.74) is 0.398. The Morgan fingerprint density at radius 1 is 1.28 bits per heavy atom. The van der Waals surface area contributed by atoms with Gasteiger partial charge in [0.2, 0.25) is 0 Å². The molecule has 1 aromatic rings. The quantitative estimate of drug-likeness (QED) is 0.842. The predicted molar refractivity (Wildman–Crippen MR) is 70.5 cm³/mol. The third-order valence-electron chi connectivity index (χ3n) is 3.36. The second-order valence-corrected chi connectivity index (χ2v) is 4.85. The van der Waals surface area contributed by atoms with Gasteiger partial charge in [0.1, 0.15) is 0 Å². The molecular weight excluding hydrogens is 234 g/mol. The van der Waals surface area contributed by atoms with Crippen molar-refractivity contribution in [3.05, 3.63) is 35.4 Å². The topological polar surface area (TPSA) is 15.3 Å². The molecule has 0 spiro atoms. The molecule has 0 fully saturated rings. The van der Waals surface area contributed by atoms with Crippen LogP contribution in [0.1, 0.15) is 31.9 Å². The maximum Gasteiger partial charge on any atom is 0.163 e. The Balaban J connectivity index is 2.74. The molecular formula is C14H22F2N2. The summed E-state index contributed by atoms with van der Waals surface area (Å²) in [6.07, 6.45) is 0.742. The highest BCUT2D eigenvalue weighted by molar-refractivity contribution is 5.22. The van der Waals surface area contributed by atoms with Gasteiger partial charge in [0.25, 0.3) is 0 Å². The summed E-state index contributed by atoms with van der Waals surface area (Å²) in [5.74, 6) is -1.53. The van der Waals surface area contributed by atoms with Crippen molar-refractivity contribution < 1.29 is 8.78 Å². The van der Waals surface area contributed by atoms with Crippen LogP contribution in [-0.4, -0.2) is 31.6 Å². The van der Waals surface area contributed by atoms with Gasteiger partial charge in [-0.3, -0.25) is 0 Å². The minimum atomic E-state index is -0.787. The molecule has 4 heteroatoms. The number of nitrogens with zero attached hydrogens (tertiary/aromatic N) is 1. The van der Waals surface area contributed by atoms with E-state index in [4.69, 9.17) is 0 Å². The molecule has 1 rings (SSSR count). The number of nitrogens with one attached hydrogen (secondary N) is 1. The van der Waals surface area contributed by atoms with Gasteiger partial charge >= 0.3 is 0 Å². The van der Waals surface area contributed by atoms with Crippen LogP contribution in [0.15, 0.2) is 18.2 Å². The first-order valence-corrected chi connectivity index (χ1v) is 6.28. The van der Waals surface area contributed by atoms with Crippen molar-refractivity contribution in [3.63, 3.8) is 0 Å². The third-order valence-corrected chi connectivity index (χ3v) is 3.36. The van der Waals surface area contributed by atoms with Crippen LogP contribution >= 0.6 is 0 Å². The van der Waals surface area contributed by atoms with Crippen LogP contribution in [0, 0.1) is 11.6 Å². The van der Waals surface area contributed by atoms with E-state index >= 15 is 0 Å². The minimum Gasteiger partial charge on any atom is -0.313 e. The van der Waals surface area contributed by atoms with E-state index in [0.29, 0.717) is 11.6 Å². The van der Waals surface area contributed by atoms with Crippen LogP contribution < -0.4 is 5.32 Å². The van der Waals surface area contributed by atoms with Gasteiger partial charge in [-0.2, -0.15) is 0 Å². The molecule has 18 heavy (non-hydrogen) atoms. The smallest absolute Gasteiger partial charge is 0.163 e. The molecule has 0 aliphatic carbocycles. The van der Waals surface area contributed by atoms with Crippen molar-refractivity contribution in [1.29, 1.82) is 0 Å². The zero-order valence-electron chi connectivity index (χ0n) is 11.5. The fraction of sp³-hybridized carbons (Fsp3) is 0.571. The molecule has 1 N–H and O–H groups in total. The van der Waals surface area contributed by atoms with Crippen molar-refractivity contribution in [2.45, 2.75) is 32.4 Å². The maximum absolute atomic E-state index is 13.7. The fourth-order valence-electron chi connectivity index (χ4n) is 1.84. The highest BCUT2D eigenvalue weighted by Gasteiger charge is 2.17. The molecule has 0 aliphatic rings. The number of benzene rings is 1. The second-order valence-electron chi connectivity index (χ2n) is 4.85. The summed E-state index contributed by atoms with van der Waals surface area (Å²) in [6.45, 7) is 5.05. The molecule has 1 unspecified atom stereocenters. The molecule has 2 nitrogen and oxygen atoms in total. The fourth-order valence-corrected chi connectivity index (χ4v) is 1.84. The lowest BCUT2D eigenvalue weighted by Crippen LogP contribution is -2.30. The normalized spacial score (nSPS) is 13.3. The van der Waals surface area contributed by atoms with E-state index < -0.39 is 11.6 Å². The summed E-state index contributed by atoms with van der Waals surface area (Å²) >= 11 is 0. The number of rotatable bonds is 6.